The lowest BCUT2D eigenvalue weighted by Gasteiger charge is -2.33. The third kappa shape index (κ3) is 3.22. The molecular weight excluding hydrogens is 222 g/mol. The number of rotatable bonds is 2. The van der Waals surface area contributed by atoms with E-state index in [2.05, 4.69) is 33.9 Å². The lowest BCUT2D eigenvalue weighted by molar-refractivity contribution is -0.167. The number of hydrogen-bond acceptors (Lipinski definition) is 3. The van der Waals surface area contributed by atoms with Crippen molar-refractivity contribution in [3.05, 3.63) is 0 Å². The Balaban J connectivity index is 2.41. The fourth-order valence-corrected chi connectivity index (χ4v) is 1.75. The van der Waals surface area contributed by atoms with E-state index in [9.17, 15) is 4.79 Å². The van der Waals surface area contributed by atoms with Crippen LogP contribution in [-0.2, 0) is 9.46 Å². The summed E-state index contributed by atoms with van der Waals surface area (Å²) >= 11 is 0. The Morgan fingerprint density at radius 1 is 1.19 bits per heavy atom. The molecule has 4 nitrogen and oxygen atoms in total. The molecule has 1 saturated heterocycles. The van der Waals surface area contributed by atoms with E-state index >= 15 is 0 Å². The van der Waals surface area contributed by atoms with Gasteiger partial charge in [0.15, 0.2) is 0 Å². The first kappa shape index (κ1) is 13.5. The minimum atomic E-state index is -1.99. The van der Waals surface area contributed by atoms with Gasteiger partial charge in [0.2, 0.25) is 0 Å². The summed E-state index contributed by atoms with van der Waals surface area (Å²) in [5.74, 6) is 0. The molecule has 1 rings (SSSR count). The van der Waals surface area contributed by atoms with E-state index in [1.54, 1.807) is 4.90 Å². The number of likely N-dealkylation sites (tertiary alicyclic amines) is 1. The molecule has 0 saturated carbocycles. The van der Waals surface area contributed by atoms with Gasteiger partial charge in [-0.25, -0.2) is 9.37 Å². The van der Waals surface area contributed by atoms with Gasteiger partial charge >= 0.3 is 6.09 Å². The van der Waals surface area contributed by atoms with Crippen molar-refractivity contribution in [3.63, 3.8) is 0 Å². The van der Waals surface area contributed by atoms with Gasteiger partial charge in [0, 0.05) is 13.1 Å². The fourth-order valence-electron chi connectivity index (χ4n) is 1.22. The third-order valence-electron chi connectivity index (χ3n) is 3.49. The number of carbonyl (C=O) groups is 1. The first-order valence-corrected chi connectivity index (χ1v) is 8.79. The average molecular weight is 245 g/mol. The molecule has 0 atom stereocenters. The van der Waals surface area contributed by atoms with E-state index < -0.39 is 8.32 Å². The lowest BCUT2D eigenvalue weighted by Crippen LogP contribution is -2.42. The van der Waals surface area contributed by atoms with Crippen molar-refractivity contribution >= 4 is 14.4 Å². The van der Waals surface area contributed by atoms with Gasteiger partial charge in [-0.3, -0.25) is 4.89 Å². The highest BCUT2D eigenvalue weighted by Gasteiger charge is 2.40. The maximum absolute atomic E-state index is 11.6. The molecule has 5 heteroatoms. The highest BCUT2D eigenvalue weighted by atomic mass is 28.4. The maximum atomic E-state index is 11.6. The van der Waals surface area contributed by atoms with Crippen LogP contribution in [0.2, 0.25) is 18.1 Å². The second-order valence-corrected chi connectivity index (χ2v) is 10.6. The summed E-state index contributed by atoms with van der Waals surface area (Å²) in [6.45, 7) is 12.0. The molecule has 94 valence electrons. The van der Waals surface area contributed by atoms with Crippen LogP contribution in [-0.4, -0.2) is 32.4 Å². The average Bonchev–Trinajstić information content (AvgIpc) is 2.65. The highest BCUT2D eigenvalue weighted by molar-refractivity contribution is 6.73. The number of nitrogens with zero attached hydrogens (tertiary/aromatic N) is 1. The van der Waals surface area contributed by atoms with E-state index in [0.717, 1.165) is 25.9 Å². The first-order valence-electron chi connectivity index (χ1n) is 5.89. The normalized spacial score (nSPS) is 17.7. The molecule has 0 aromatic rings. The Hall–Kier alpha value is -0.553. The van der Waals surface area contributed by atoms with Gasteiger partial charge in [-0.05, 0) is 31.0 Å². The summed E-state index contributed by atoms with van der Waals surface area (Å²) in [6, 6.07) is 0. The zero-order valence-corrected chi connectivity index (χ0v) is 12.0. The summed E-state index contributed by atoms with van der Waals surface area (Å²) in [4.78, 5) is 18.3. The van der Waals surface area contributed by atoms with Crippen molar-refractivity contribution in [1.29, 1.82) is 0 Å². The minimum absolute atomic E-state index is 0.0539. The molecule has 16 heavy (non-hydrogen) atoms. The first-order chi connectivity index (χ1) is 7.24. The van der Waals surface area contributed by atoms with Gasteiger partial charge in [0.1, 0.15) is 0 Å². The summed E-state index contributed by atoms with van der Waals surface area (Å²) < 4.78 is 5.42. The van der Waals surface area contributed by atoms with E-state index in [4.69, 9.17) is 9.46 Å². The van der Waals surface area contributed by atoms with Crippen LogP contribution in [0.4, 0.5) is 4.79 Å². The van der Waals surface area contributed by atoms with Gasteiger partial charge < -0.3 is 4.90 Å². The number of carbonyl (C=O) groups excluding carboxylic acids is 1. The molecule has 0 radical (unpaired) electrons. The van der Waals surface area contributed by atoms with Crippen molar-refractivity contribution < 1.29 is 14.3 Å². The number of amides is 1. The van der Waals surface area contributed by atoms with E-state index in [1.807, 2.05) is 0 Å². The molecule has 0 aliphatic carbocycles. The molecular formula is C11H23NO3Si. The van der Waals surface area contributed by atoms with Crippen LogP contribution in [0.15, 0.2) is 0 Å². The van der Waals surface area contributed by atoms with E-state index in [1.165, 1.54) is 0 Å². The second kappa shape index (κ2) is 4.75. The van der Waals surface area contributed by atoms with Crippen LogP contribution in [0, 0.1) is 0 Å². The molecule has 0 bridgehead atoms. The summed E-state index contributed by atoms with van der Waals surface area (Å²) in [7, 11) is -1.99. The molecule has 1 aliphatic rings. The van der Waals surface area contributed by atoms with Crippen molar-refractivity contribution in [2.45, 2.75) is 51.7 Å². The van der Waals surface area contributed by atoms with Crippen LogP contribution >= 0.6 is 0 Å². The Kier molecular flexibility index (Phi) is 4.01. The largest absolute Gasteiger partial charge is 0.440 e. The van der Waals surface area contributed by atoms with E-state index in [-0.39, 0.29) is 11.1 Å². The smallest absolute Gasteiger partial charge is 0.306 e. The molecule has 1 heterocycles. The maximum Gasteiger partial charge on any atom is 0.440 e. The van der Waals surface area contributed by atoms with Crippen LogP contribution in [0.1, 0.15) is 33.6 Å². The molecule has 1 aliphatic heterocycles. The van der Waals surface area contributed by atoms with Crippen LogP contribution in [0.25, 0.3) is 0 Å². The monoisotopic (exact) mass is 245 g/mol. The Morgan fingerprint density at radius 3 is 2.12 bits per heavy atom. The molecule has 0 aromatic carbocycles. The molecule has 0 aromatic heterocycles. The standard InChI is InChI=1S/C11H23NO3Si/c1-11(2,3)16(4,5)15-14-10(13)12-8-6-7-9-12/h6-9H2,1-5H3. The fraction of sp³-hybridized carbons (Fsp3) is 0.909. The van der Waals surface area contributed by atoms with Gasteiger partial charge in [-0.15, -0.1) is 0 Å². The van der Waals surface area contributed by atoms with Gasteiger partial charge in [0.25, 0.3) is 8.32 Å². The molecule has 0 N–H and O–H groups in total. The third-order valence-corrected chi connectivity index (χ3v) is 7.60. The minimum Gasteiger partial charge on any atom is -0.306 e. The van der Waals surface area contributed by atoms with E-state index in [0.29, 0.717) is 0 Å². The SMILES string of the molecule is CC(C)(C)[Si](C)(C)OOC(=O)N1CCCC1. The zero-order valence-electron chi connectivity index (χ0n) is 11.0. The van der Waals surface area contributed by atoms with Crippen LogP contribution < -0.4 is 0 Å². The van der Waals surface area contributed by atoms with Crippen molar-refractivity contribution in [2.75, 3.05) is 13.1 Å². The Morgan fingerprint density at radius 2 is 1.69 bits per heavy atom. The molecule has 1 fully saturated rings. The number of hydrogen-bond donors (Lipinski definition) is 0. The summed E-state index contributed by atoms with van der Waals surface area (Å²) in [6.07, 6.45) is 1.80. The Labute approximate surface area is 99.0 Å². The lowest BCUT2D eigenvalue weighted by atomic mass is 10.2. The molecule has 0 unspecified atom stereocenters. The zero-order chi connectivity index (χ0) is 12.4. The summed E-state index contributed by atoms with van der Waals surface area (Å²) in [5, 5.41) is 0.0539. The predicted octanol–water partition coefficient (Wildman–Crippen LogP) is 3.16. The van der Waals surface area contributed by atoms with Crippen LogP contribution in [0.5, 0.6) is 0 Å². The topological polar surface area (TPSA) is 38.8 Å². The van der Waals surface area contributed by atoms with Gasteiger partial charge in [0.05, 0.1) is 0 Å². The summed E-state index contributed by atoms with van der Waals surface area (Å²) in [5.41, 5.74) is 0. The predicted molar refractivity (Wildman–Crippen MR) is 65.6 cm³/mol. The Bertz CT molecular complexity index is 254. The quantitative estimate of drug-likeness (QED) is 0.426. The van der Waals surface area contributed by atoms with Gasteiger partial charge in [-0.1, -0.05) is 20.8 Å². The second-order valence-electron chi connectivity index (χ2n) is 5.89. The molecule has 0 spiro atoms. The highest BCUT2D eigenvalue weighted by Crippen LogP contribution is 2.36. The molecule has 1 amide bonds. The van der Waals surface area contributed by atoms with Gasteiger partial charge in [-0.2, -0.15) is 0 Å². The van der Waals surface area contributed by atoms with Crippen LogP contribution in [0.3, 0.4) is 0 Å². The van der Waals surface area contributed by atoms with Crippen molar-refractivity contribution in [2.24, 2.45) is 0 Å². The van der Waals surface area contributed by atoms with Crippen molar-refractivity contribution in [1.82, 2.24) is 4.90 Å². The van der Waals surface area contributed by atoms with Crippen molar-refractivity contribution in [3.8, 4) is 0 Å².